The minimum atomic E-state index is -3.63. The smallest absolute Gasteiger partial charge is 0.316 e. The van der Waals surface area contributed by atoms with Gasteiger partial charge in [0.15, 0.2) is 0 Å². The zero-order chi connectivity index (χ0) is 25.3. The van der Waals surface area contributed by atoms with Gasteiger partial charge in [-0.25, -0.2) is 17.2 Å². The van der Waals surface area contributed by atoms with E-state index in [0.717, 1.165) is 48.6 Å². The average molecular weight is 517 g/mol. The Kier molecular flexibility index (Phi) is 6.76. The lowest BCUT2D eigenvalue weighted by molar-refractivity contribution is 0.205. The van der Waals surface area contributed by atoms with Gasteiger partial charge in [-0.05, 0) is 49.9 Å². The van der Waals surface area contributed by atoms with Crippen LogP contribution >= 0.6 is 0 Å². The van der Waals surface area contributed by atoms with Crippen LogP contribution in [0, 0.1) is 11.6 Å². The maximum Gasteiger partial charge on any atom is 0.316 e. The summed E-state index contributed by atoms with van der Waals surface area (Å²) in [5, 5.41) is 4.17. The molecule has 1 aliphatic heterocycles. The Morgan fingerprint density at radius 1 is 0.917 bits per heavy atom. The molecular weight excluding hydrogens is 490 g/mol. The molecule has 1 aromatic heterocycles. The SMILES string of the molecule is O=c1c(OC2CCCC2)c(N2CCN(S(=O)(=O)c3ccccc3)CC2)cnn1-c1cc(F)cc(F)c1. The van der Waals surface area contributed by atoms with E-state index in [1.807, 2.05) is 4.90 Å². The van der Waals surface area contributed by atoms with Crippen molar-refractivity contribution >= 4 is 15.7 Å². The lowest BCUT2D eigenvalue weighted by Crippen LogP contribution is -2.49. The van der Waals surface area contributed by atoms with E-state index in [0.29, 0.717) is 18.8 Å². The van der Waals surface area contributed by atoms with Crippen molar-refractivity contribution in [3.8, 4) is 11.4 Å². The highest BCUT2D eigenvalue weighted by Crippen LogP contribution is 2.31. The van der Waals surface area contributed by atoms with Crippen molar-refractivity contribution in [1.29, 1.82) is 0 Å². The molecule has 0 unspecified atom stereocenters. The van der Waals surface area contributed by atoms with Crippen molar-refractivity contribution in [2.45, 2.75) is 36.7 Å². The molecule has 8 nitrogen and oxygen atoms in total. The summed E-state index contributed by atoms with van der Waals surface area (Å²) in [6.07, 6.45) is 4.89. The second-order valence-electron chi connectivity index (χ2n) is 8.93. The zero-order valence-corrected chi connectivity index (χ0v) is 20.3. The van der Waals surface area contributed by atoms with Crippen molar-refractivity contribution in [3.63, 3.8) is 0 Å². The highest BCUT2D eigenvalue weighted by molar-refractivity contribution is 7.89. The number of rotatable bonds is 6. The Bertz CT molecular complexity index is 1380. The van der Waals surface area contributed by atoms with E-state index >= 15 is 0 Å². The lowest BCUT2D eigenvalue weighted by Gasteiger charge is -2.36. The lowest BCUT2D eigenvalue weighted by atomic mass is 10.2. The van der Waals surface area contributed by atoms with E-state index in [1.165, 1.54) is 10.5 Å². The normalized spacial score (nSPS) is 17.4. The second-order valence-corrected chi connectivity index (χ2v) is 10.9. The summed E-state index contributed by atoms with van der Waals surface area (Å²) in [5.74, 6) is -1.59. The van der Waals surface area contributed by atoms with Gasteiger partial charge in [0.1, 0.15) is 17.3 Å². The van der Waals surface area contributed by atoms with Crippen molar-refractivity contribution in [3.05, 3.63) is 76.7 Å². The van der Waals surface area contributed by atoms with Crippen molar-refractivity contribution in [1.82, 2.24) is 14.1 Å². The van der Waals surface area contributed by atoms with Gasteiger partial charge in [-0.15, -0.1) is 0 Å². The van der Waals surface area contributed by atoms with Crippen molar-refractivity contribution in [2.75, 3.05) is 31.1 Å². The molecule has 1 saturated heterocycles. The molecule has 2 fully saturated rings. The first-order valence-corrected chi connectivity index (χ1v) is 13.3. The molecule has 1 saturated carbocycles. The first kappa shape index (κ1) is 24.4. The molecule has 190 valence electrons. The summed E-state index contributed by atoms with van der Waals surface area (Å²) >= 11 is 0. The van der Waals surface area contributed by atoms with Crippen LogP contribution in [-0.4, -0.2) is 54.8 Å². The summed E-state index contributed by atoms with van der Waals surface area (Å²) in [4.78, 5) is 15.5. The Hall–Kier alpha value is -3.31. The third-order valence-electron chi connectivity index (χ3n) is 6.55. The van der Waals surface area contributed by atoms with Gasteiger partial charge in [-0.2, -0.15) is 14.1 Å². The maximum absolute atomic E-state index is 13.8. The van der Waals surface area contributed by atoms with E-state index in [-0.39, 0.29) is 35.5 Å². The Labute approximate surface area is 207 Å². The number of piperazine rings is 1. The first-order valence-electron chi connectivity index (χ1n) is 11.9. The van der Waals surface area contributed by atoms with Crippen LogP contribution in [0.5, 0.6) is 5.75 Å². The molecule has 0 bridgehead atoms. The van der Waals surface area contributed by atoms with Crippen LogP contribution < -0.4 is 15.2 Å². The predicted molar refractivity (Wildman–Crippen MR) is 130 cm³/mol. The number of hydrogen-bond acceptors (Lipinski definition) is 6. The molecule has 5 rings (SSSR count). The highest BCUT2D eigenvalue weighted by atomic mass is 32.2. The highest BCUT2D eigenvalue weighted by Gasteiger charge is 2.31. The molecule has 0 spiro atoms. The maximum atomic E-state index is 13.8. The fraction of sp³-hybridized carbons (Fsp3) is 0.360. The average Bonchev–Trinajstić information content (AvgIpc) is 3.38. The fourth-order valence-electron chi connectivity index (χ4n) is 4.69. The quantitative estimate of drug-likeness (QED) is 0.500. The summed E-state index contributed by atoms with van der Waals surface area (Å²) in [7, 11) is -3.63. The van der Waals surface area contributed by atoms with E-state index in [4.69, 9.17) is 4.74 Å². The van der Waals surface area contributed by atoms with E-state index in [2.05, 4.69) is 5.10 Å². The number of hydrogen-bond donors (Lipinski definition) is 0. The molecule has 0 atom stereocenters. The number of aromatic nitrogens is 2. The van der Waals surface area contributed by atoms with Gasteiger partial charge in [0.2, 0.25) is 15.8 Å². The molecule has 2 aromatic carbocycles. The molecule has 36 heavy (non-hydrogen) atoms. The van der Waals surface area contributed by atoms with Gasteiger partial charge >= 0.3 is 5.56 Å². The molecule has 11 heteroatoms. The van der Waals surface area contributed by atoms with Crippen LogP contribution in [-0.2, 0) is 10.0 Å². The summed E-state index contributed by atoms with van der Waals surface area (Å²) in [5.41, 5.74) is -0.223. The van der Waals surface area contributed by atoms with E-state index in [9.17, 15) is 22.0 Å². The van der Waals surface area contributed by atoms with Crippen LogP contribution in [0.4, 0.5) is 14.5 Å². The monoisotopic (exact) mass is 516 g/mol. The Morgan fingerprint density at radius 3 is 2.19 bits per heavy atom. The summed E-state index contributed by atoms with van der Waals surface area (Å²) < 4.78 is 62.1. The van der Waals surface area contributed by atoms with E-state index < -0.39 is 27.2 Å². The predicted octanol–water partition coefficient (Wildman–Crippen LogP) is 3.34. The van der Waals surface area contributed by atoms with Gasteiger partial charge in [-0.3, -0.25) is 4.79 Å². The number of nitrogens with zero attached hydrogens (tertiary/aromatic N) is 4. The van der Waals surface area contributed by atoms with E-state index in [1.54, 1.807) is 30.3 Å². The second kappa shape index (κ2) is 9.98. The molecule has 2 aliphatic rings. The van der Waals surface area contributed by atoms with Gasteiger partial charge in [-0.1, -0.05) is 18.2 Å². The van der Waals surface area contributed by atoms with Crippen molar-refractivity contribution < 1.29 is 21.9 Å². The molecular formula is C25H26F2N4O4S. The molecule has 1 aliphatic carbocycles. The van der Waals surface area contributed by atoms with Crippen LogP contribution in [0.25, 0.3) is 5.69 Å². The standard InChI is InChI=1S/C25H26F2N4O4S/c26-18-14-19(27)16-20(15-18)31-25(32)24(35-21-6-4-5-7-21)23(17-28-31)29-10-12-30(13-11-29)36(33,34)22-8-2-1-3-9-22/h1-3,8-9,14-17,21H,4-7,10-13H2. The zero-order valence-electron chi connectivity index (χ0n) is 19.5. The third kappa shape index (κ3) is 4.85. The number of benzene rings is 2. The fourth-order valence-corrected chi connectivity index (χ4v) is 6.14. The minimum Gasteiger partial charge on any atom is -0.483 e. The summed E-state index contributed by atoms with van der Waals surface area (Å²) in [6.45, 7) is 1.09. The molecule has 0 radical (unpaired) electrons. The van der Waals surface area contributed by atoms with Gasteiger partial charge in [0.25, 0.3) is 0 Å². The Balaban J connectivity index is 1.44. The first-order chi connectivity index (χ1) is 17.3. The summed E-state index contributed by atoms with van der Waals surface area (Å²) in [6, 6.07) is 11.0. The van der Waals surface area contributed by atoms with Crippen LogP contribution in [0.3, 0.4) is 0 Å². The number of halogens is 2. The van der Waals surface area contributed by atoms with Gasteiger partial charge in [0.05, 0.1) is 22.9 Å². The third-order valence-corrected chi connectivity index (χ3v) is 8.47. The van der Waals surface area contributed by atoms with Crippen LogP contribution in [0.1, 0.15) is 25.7 Å². The molecule has 2 heterocycles. The largest absolute Gasteiger partial charge is 0.483 e. The minimum absolute atomic E-state index is 0.0425. The van der Waals surface area contributed by atoms with Gasteiger partial charge in [0, 0.05) is 32.2 Å². The Morgan fingerprint density at radius 2 is 1.56 bits per heavy atom. The molecule has 0 amide bonds. The number of ether oxygens (including phenoxy) is 1. The number of sulfonamides is 1. The topological polar surface area (TPSA) is 84.7 Å². The van der Waals surface area contributed by atoms with Crippen LogP contribution in [0.2, 0.25) is 0 Å². The van der Waals surface area contributed by atoms with Crippen molar-refractivity contribution in [2.24, 2.45) is 0 Å². The number of anilines is 1. The van der Waals surface area contributed by atoms with Gasteiger partial charge < -0.3 is 9.64 Å². The molecule has 3 aromatic rings. The molecule has 0 N–H and O–H groups in total. The van der Waals surface area contributed by atoms with Crippen LogP contribution in [0.15, 0.2) is 64.4 Å².